The highest BCUT2D eigenvalue weighted by Gasteiger charge is 2.31. The third-order valence-corrected chi connectivity index (χ3v) is 5.70. The maximum Gasteiger partial charge on any atom is 0.417 e. The molecule has 0 aliphatic carbocycles. The summed E-state index contributed by atoms with van der Waals surface area (Å²) in [7, 11) is 0. The Morgan fingerprint density at radius 1 is 1.10 bits per heavy atom. The molecular weight excluding hydrogens is 440 g/mol. The molecular formula is C20H21Cl2F3N4O. The first kappa shape index (κ1) is 22.7. The van der Waals surface area contributed by atoms with Crippen LogP contribution in [0.25, 0.3) is 0 Å². The molecule has 1 atom stereocenters. The first-order chi connectivity index (χ1) is 14.2. The van der Waals surface area contributed by atoms with Gasteiger partial charge < -0.3 is 10.2 Å². The normalized spacial score (nSPS) is 16.8. The highest BCUT2D eigenvalue weighted by Crippen LogP contribution is 2.31. The Balaban J connectivity index is 1.62. The number of aromatic nitrogens is 1. The Hall–Kier alpha value is -2.03. The van der Waals surface area contributed by atoms with Crippen molar-refractivity contribution in [3.63, 3.8) is 0 Å². The maximum absolute atomic E-state index is 12.7. The second-order valence-electron chi connectivity index (χ2n) is 7.04. The molecule has 1 aliphatic rings. The molecule has 2 heterocycles. The number of halogens is 5. The third kappa shape index (κ3) is 5.36. The van der Waals surface area contributed by atoms with Crippen LogP contribution in [0.3, 0.4) is 0 Å². The lowest BCUT2D eigenvalue weighted by molar-refractivity contribution is -0.137. The van der Waals surface area contributed by atoms with E-state index in [4.69, 9.17) is 23.2 Å². The number of alkyl halides is 3. The highest BCUT2D eigenvalue weighted by atomic mass is 35.5. The van der Waals surface area contributed by atoms with Crippen LogP contribution in [0.2, 0.25) is 10.0 Å². The van der Waals surface area contributed by atoms with Gasteiger partial charge in [-0.2, -0.15) is 13.2 Å². The third-order valence-electron chi connectivity index (χ3n) is 5.07. The lowest BCUT2D eigenvalue weighted by atomic mass is 10.2. The molecule has 0 radical (unpaired) electrons. The standard InChI is InChI=1S/C20H21Cl2F3N4O/c1-13(19(30)27-18-15(21)4-2-5-16(18)22)28-8-3-9-29(11-10-28)17-7-6-14(12-26-17)20(23,24)25/h2,4-7,12-13H,3,8-11H2,1H3,(H,27,30)/t13-/m0/s1. The van der Waals surface area contributed by atoms with Crippen molar-refractivity contribution in [3.8, 4) is 0 Å². The number of rotatable bonds is 4. The molecule has 2 aromatic rings. The van der Waals surface area contributed by atoms with E-state index in [1.807, 2.05) is 9.80 Å². The SMILES string of the molecule is C[C@@H](C(=O)Nc1c(Cl)cccc1Cl)N1CCCN(c2ccc(C(F)(F)F)cn2)CC1. The molecule has 0 saturated carbocycles. The number of hydrogen-bond donors (Lipinski definition) is 1. The molecule has 10 heteroatoms. The molecule has 0 unspecified atom stereocenters. The van der Waals surface area contributed by atoms with Crippen LogP contribution in [0.4, 0.5) is 24.7 Å². The van der Waals surface area contributed by atoms with E-state index in [1.54, 1.807) is 25.1 Å². The number of hydrogen-bond acceptors (Lipinski definition) is 4. The van der Waals surface area contributed by atoms with Gasteiger partial charge in [-0.05, 0) is 37.6 Å². The molecule has 1 N–H and O–H groups in total. The van der Waals surface area contributed by atoms with Gasteiger partial charge in [-0.25, -0.2) is 4.98 Å². The van der Waals surface area contributed by atoms with E-state index < -0.39 is 17.8 Å². The van der Waals surface area contributed by atoms with Gasteiger partial charge in [0.25, 0.3) is 0 Å². The van der Waals surface area contributed by atoms with Crippen molar-refractivity contribution in [3.05, 3.63) is 52.1 Å². The van der Waals surface area contributed by atoms with Gasteiger partial charge in [0, 0.05) is 32.4 Å². The van der Waals surface area contributed by atoms with Gasteiger partial charge in [0.15, 0.2) is 0 Å². The summed E-state index contributed by atoms with van der Waals surface area (Å²) < 4.78 is 38.2. The van der Waals surface area contributed by atoms with Gasteiger partial charge >= 0.3 is 6.18 Å². The summed E-state index contributed by atoms with van der Waals surface area (Å²) in [6.45, 7) is 4.21. The molecule has 1 fully saturated rings. The number of amides is 1. The van der Waals surface area contributed by atoms with E-state index in [2.05, 4.69) is 10.3 Å². The molecule has 1 amide bonds. The molecule has 1 aromatic carbocycles. The number of benzene rings is 1. The van der Waals surface area contributed by atoms with Gasteiger partial charge in [-0.15, -0.1) is 0 Å². The number of carbonyl (C=O) groups excluding carboxylic acids is 1. The van der Waals surface area contributed by atoms with E-state index in [0.29, 0.717) is 47.7 Å². The van der Waals surface area contributed by atoms with E-state index in [9.17, 15) is 18.0 Å². The number of para-hydroxylation sites is 1. The van der Waals surface area contributed by atoms with E-state index in [1.165, 1.54) is 6.07 Å². The molecule has 30 heavy (non-hydrogen) atoms. The quantitative estimate of drug-likeness (QED) is 0.701. The number of nitrogens with one attached hydrogen (secondary N) is 1. The fourth-order valence-electron chi connectivity index (χ4n) is 3.31. The summed E-state index contributed by atoms with van der Waals surface area (Å²) in [5.41, 5.74) is -0.394. The molecule has 0 spiro atoms. The van der Waals surface area contributed by atoms with Gasteiger partial charge in [0.2, 0.25) is 5.91 Å². The van der Waals surface area contributed by atoms with Crippen LogP contribution < -0.4 is 10.2 Å². The van der Waals surface area contributed by atoms with Crippen molar-refractivity contribution in [2.75, 3.05) is 36.4 Å². The molecule has 1 aliphatic heterocycles. The second kappa shape index (κ2) is 9.41. The average molecular weight is 461 g/mol. The first-order valence-electron chi connectivity index (χ1n) is 9.44. The van der Waals surface area contributed by atoms with Crippen molar-refractivity contribution in [2.24, 2.45) is 0 Å². The lowest BCUT2D eigenvalue weighted by Gasteiger charge is -2.27. The van der Waals surface area contributed by atoms with Gasteiger partial charge in [-0.1, -0.05) is 29.3 Å². The van der Waals surface area contributed by atoms with Crippen molar-refractivity contribution in [1.82, 2.24) is 9.88 Å². The fourth-order valence-corrected chi connectivity index (χ4v) is 3.80. The van der Waals surface area contributed by atoms with Crippen molar-refractivity contribution in [1.29, 1.82) is 0 Å². The number of pyridine rings is 1. The van der Waals surface area contributed by atoms with Crippen LogP contribution in [0.5, 0.6) is 0 Å². The lowest BCUT2D eigenvalue weighted by Crippen LogP contribution is -2.44. The predicted octanol–water partition coefficient (Wildman–Crippen LogP) is 4.95. The summed E-state index contributed by atoms with van der Waals surface area (Å²) >= 11 is 12.2. The minimum Gasteiger partial charge on any atom is -0.355 e. The fraction of sp³-hybridized carbons (Fsp3) is 0.400. The first-order valence-corrected chi connectivity index (χ1v) is 10.2. The van der Waals surface area contributed by atoms with Gasteiger partial charge in [0.05, 0.1) is 27.3 Å². The number of anilines is 2. The molecule has 5 nitrogen and oxygen atoms in total. The van der Waals surface area contributed by atoms with Crippen LogP contribution in [0, 0.1) is 0 Å². The Labute approximate surface area is 182 Å². The second-order valence-corrected chi connectivity index (χ2v) is 7.86. The van der Waals surface area contributed by atoms with E-state index in [0.717, 1.165) is 18.7 Å². The molecule has 0 bridgehead atoms. The van der Waals surface area contributed by atoms with Crippen LogP contribution in [0.1, 0.15) is 18.9 Å². The summed E-state index contributed by atoms with van der Waals surface area (Å²) in [4.78, 5) is 20.6. The summed E-state index contributed by atoms with van der Waals surface area (Å²) in [5, 5.41) is 3.50. The van der Waals surface area contributed by atoms with Crippen LogP contribution in [-0.2, 0) is 11.0 Å². The Morgan fingerprint density at radius 2 is 1.80 bits per heavy atom. The van der Waals surface area contributed by atoms with E-state index >= 15 is 0 Å². The van der Waals surface area contributed by atoms with Crippen LogP contribution in [0.15, 0.2) is 36.5 Å². The minimum atomic E-state index is -4.41. The molecule has 3 rings (SSSR count). The zero-order chi connectivity index (χ0) is 21.9. The Morgan fingerprint density at radius 3 is 2.40 bits per heavy atom. The van der Waals surface area contributed by atoms with Crippen LogP contribution >= 0.6 is 23.2 Å². The Bertz CT molecular complexity index is 872. The molecule has 1 saturated heterocycles. The highest BCUT2D eigenvalue weighted by molar-refractivity contribution is 6.39. The molecule has 1 aromatic heterocycles. The summed E-state index contributed by atoms with van der Waals surface area (Å²) in [5.74, 6) is 0.260. The van der Waals surface area contributed by atoms with Crippen molar-refractivity contribution in [2.45, 2.75) is 25.6 Å². The summed E-state index contributed by atoms with van der Waals surface area (Å²) in [6.07, 6.45) is -2.82. The van der Waals surface area contributed by atoms with Crippen molar-refractivity contribution >= 4 is 40.6 Å². The Kier molecular flexibility index (Phi) is 7.10. The smallest absolute Gasteiger partial charge is 0.355 e. The molecule has 162 valence electrons. The monoisotopic (exact) mass is 460 g/mol. The maximum atomic E-state index is 12.7. The zero-order valence-corrected chi connectivity index (χ0v) is 17.7. The van der Waals surface area contributed by atoms with Crippen LogP contribution in [-0.4, -0.2) is 48.0 Å². The van der Waals surface area contributed by atoms with Gasteiger partial charge in [0.1, 0.15) is 5.82 Å². The van der Waals surface area contributed by atoms with Crippen molar-refractivity contribution < 1.29 is 18.0 Å². The largest absolute Gasteiger partial charge is 0.417 e. The summed E-state index contributed by atoms with van der Waals surface area (Å²) in [6, 6.07) is 6.98. The van der Waals surface area contributed by atoms with E-state index in [-0.39, 0.29) is 5.91 Å². The number of carbonyl (C=O) groups is 1. The van der Waals surface area contributed by atoms with Gasteiger partial charge in [-0.3, -0.25) is 9.69 Å². The average Bonchev–Trinajstić information content (AvgIpc) is 2.96. The minimum absolute atomic E-state index is 0.230. The zero-order valence-electron chi connectivity index (χ0n) is 16.2. The topological polar surface area (TPSA) is 48.5 Å². The number of nitrogens with zero attached hydrogens (tertiary/aromatic N) is 3. The predicted molar refractivity (Wildman–Crippen MR) is 112 cm³/mol.